The molecule has 1 N–H and O–H groups in total. The molecule has 1 saturated heterocycles. The summed E-state index contributed by atoms with van der Waals surface area (Å²) in [4.78, 5) is 9.25. The smallest absolute Gasteiger partial charge is 0.0959 e. The minimum absolute atomic E-state index is 0.385. The van der Waals surface area contributed by atoms with Crippen LogP contribution in [0.25, 0.3) is 11.0 Å². The first-order valence-corrected chi connectivity index (χ1v) is 9.10. The third kappa shape index (κ3) is 4.58. The van der Waals surface area contributed by atoms with E-state index in [0.717, 1.165) is 50.4 Å². The van der Waals surface area contributed by atoms with E-state index < -0.39 is 0 Å². The van der Waals surface area contributed by atoms with E-state index in [2.05, 4.69) is 45.3 Å². The maximum absolute atomic E-state index is 10.5. The Morgan fingerprint density at radius 3 is 2.48 bits per heavy atom. The number of imidazole rings is 1. The van der Waals surface area contributed by atoms with Gasteiger partial charge in [-0.3, -0.25) is 9.80 Å². The monoisotopic (exact) mass is 346 g/mol. The number of aromatic nitrogens is 2. The number of methoxy groups -OCH3 is 1. The van der Waals surface area contributed by atoms with Gasteiger partial charge in [-0.1, -0.05) is 0 Å². The highest BCUT2D eigenvalue weighted by molar-refractivity contribution is 5.77. The van der Waals surface area contributed by atoms with Gasteiger partial charge in [0.2, 0.25) is 0 Å². The molecule has 3 rings (SSSR count). The van der Waals surface area contributed by atoms with Crippen molar-refractivity contribution in [1.29, 1.82) is 0 Å². The van der Waals surface area contributed by atoms with Gasteiger partial charge < -0.3 is 14.4 Å². The summed E-state index contributed by atoms with van der Waals surface area (Å²) in [5.41, 5.74) is 4.62. The minimum Gasteiger partial charge on any atom is -0.390 e. The fourth-order valence-electron chi connectivity index (χ4n) is 3.46. The third-order valence-corrected chi connectivity index (χ3v) is 5.19. The summed E-state index contributed by atoms with van der Waals surface area (Å²) in [5, 5.41) is 10.5. The molecule has 1 aromatic carbocycles. The molecule has 0 aliphatic carbocycles. The second-order valence-corrected chi connectivity index (χ2v) is 7.11. The van der Waals surface area contributed by atoms with Crippen LogP contribution in [0.1, 0.15) is 11.1 Å². The summed E-state index contributed by atoms with van der Waals surface area (Å²) in [6.07, 6.45) is 1.46. The highest BCUT2D eigenvalue weighted by Crippen LogP contribution is 2.18. The molecule has 138 valence electrons. The summed E-state index contributed by atoms with van der Waals surface area (Å²) in [6, 6.07) is 4.28. The standard InChI is InChI=1S/C19H30N4O2/c1-15-10-18-19(11-16(15)2)23(14-20-18)13-17(24)12-22-6-4-21(5-7-22)8-9-25-3/h10-11,14,17,24H,4-9,12-13H2,1-3H3/t17-/m0/s1. The van der Waals surface area contributed by atoms with Crippen LogP contribution in [-0.2, 0) is 11.3 Å². The lowest BCUT2D eigenvalue weighted by molar-refractivity contribution is 0.0555. The van der Waals surface area contributed by atoms with Gasteiger partial charge >= 0.3 is 0 Å². The van der Waals surface area contributed by atoms with Crippen molar-refractivity contribution in [2.24, 2.45) is 0 Å². The fourth-order valence-corrected chi connectivity index (χ4v) is 3.46. The van der Waals surface area contributed by atoms with Crippen LogP contribution >= 0.6 is 0 Å². The van der Waals surface area contributed by atoms with E-state index in [1.807, 2.05) is 6.33 Å². The van der Waals surface area contributed by atoms with Gasteiger partial charge in [-0.05, 0) is 37.1 Å². The average molecular weight is 346 g/mol. The lowest BCUT2D eigenvalue weighted by atomic mass is 10.1. The first-order valence-electron chi connectivity index (χ1n) is 9.10. The molecule has 1 aliphatic rings. The Labute approximate surface area is 150 Å². The Hall–Kier alpha value is -1.47. The lowest BCUT2D eigenvalue weighted by Crippen LogP contribution is -2.49. The number of fused-ring (bicyclic) bond motifs is 1. The predicted octanol–water partition coefficient (Wildman–Crippen LogP) is 1.28. The van der Waals surface area contributed by atoms with Crippen LogP contribution in [-0.4, -0.2) is 83.5 Å². The van der Waals surface area contributed by atoms with Crippen molar-refractivity contribution in [2.45, 2.75) is 26.5 Å². The molecule has 1 aliphatic heterocycles. The van der Waals surface area contributed by atoms with E-state index in [1.54, 1.807) is 7.11 Å². The first-order chi connectivity index (χ1) is 12.1. The van der Waals surface area contributed by atoms with Gasteiger partial charge in [0, 0.05) is 46.4 Å². The van der Waals surface area contributed by atoms with Crippen molar-refractivity contribution >= 4 is 11.0 Å². The summed E-state index contributed by atoms with van der Waals surface area (Å²) >= 11 is 0. The van der Waals surface area contributed by atoms with Gasteiger partial charge in [-0.2, -0.15) is 0 Å². The van der Waals surface area contributed by atoms with Crippen LogP contribution in [0, 0.1) is 13.8 Å². The molecule has 0 radical (unpaired) electrons. The molecule has 1 aromatic heterocycles. The fraction of sp³-hybridized carbons (Fsp3) is 0.632. The highest BCUT2D eigenvalue weighted by Gasteiger charge is 2.19. The van der Waals surface area contributed by atoms with Crippen molar-refractivity contribution in [3.8, 4) is 0 Å². The van der Waals surface area contributed by atoms with Crippen LogP contribution < -0.4 is 0 Å². The second kappa shape index (κ2) is 8.27. The van der Waals surface area contributed by atoms with E-state index in [-0.39, 0.29) is 6.10 Å². The largest absolute Gasteiger partial charge is 0.390 e. The Morgan fingerprint density at radius 2 is 1.76 bits per heavy atom. The molecular formula is C19H30N4O2. The first kappa shape index (κ1) is 18.3. The van der Waals surface area contributed by atoms with E-state index >= 15 is 0 Å². The Bertz CT molecular complexity index is 692. The molecule has 0 unspecified atom stereocenters. The molecular weight excluding hydrogens is 316 g/mol. The van der Waals surface area contributed by atoms with Gasteiger partial charge in [0.15, 0.2) is 0 Å². The van der Waals surface area contributed by atoms with Crippen molar-refractivity contribution in [1.82, 2.24) is 19.4 Å². The number of piperazine rings is 1. The molecule has 0 saturated carbocycles. The van der Waals surface area contributed by atoms with Crippen LogP contribution in [0.15, 0.2) is 18.5 Å². The number of benzene rings is 1. The summed E-state index contributed by atoms with van der Waals surface area (Å²) in [6.45, 7) is 11.4. The minimum atomic E-state index is -0.385. The molecule has 1 fully saturated rings. The molecule has 0 bridgehead atoms. The molecule has 1 atom stereocenters. The Morgan fingerprint density at radius 1 is 1.08 bits per heavy atom. The molecule has 0 spiro atoms. The van der Waals surface area contributed by atoms with Crippen molar-refractivity contribution in [3.05, 3.63) is 29.6 Å². The predicted molar refractivity (Wildman–Crippen MR) is 100.0 cm³/mol. The SMILES string of the molecule is COCCN1CCN(C[C@H](O)Cn2cnc3cc(C)c(C)cc32)CC1. The van der Waals surface area contributed by atoms with E-state index in [4.69, 9.17) is 4.74 Å². The maximum atomic E-state index is 10.5. The van der Waals surface area contributed by atoms with E-state index in [9.17, 15) is 5.11 Å². The van der Waals surface area contributed by atoms with Gasteiger partial charge in [-0.15, -0.1) is 0 Å². The molecule has 2 aromatic rings. The molecule has 6 heteroatoms. The van der Waals surface area contributed by atoms with Gasteiger partial charge in [-0.25, -0.2) is 4.98 Å². The van der Waals surface area contributed by atoms with Crippen molar-refractivity contribution in [2.75, 3.05) is 53.0 Å². The van der Waals surface area contributed by atoms with Gasteiger partial charge in [0.1, 0.15) is 0 Å². The summed E-state index contributed by atoms with van der Waals surface area (Å²) in [7, 11) is 1.75. The second-order valence-electron chi connectivity index (χ2n) is 7.11. The van der Waals surface area contributed by atoms with Gasteiger partial charge in [0.05, 0.1) is 36.6 Å². The van der Waals surface area contributed by atoms with Crippen LogP contribution in [0.5, 0.6) is 0 Å². The van der Waals surface area contributed by atoms with E-state index in [1.165, 1.54) is 11.1 Å². The quantitative estimate of drug-likeness (QED) is 0.818. The molecule has 25 heavy (non-hydrogen) atoms. The molecule has 0 amide bonds. The highest BCUT2D eigenvalue weighted by atomic mass is 16.5. The zero-order chi connectivity index (χ0) is 17.8. The van der Waals surface area contributed by atoms with Crippen LogP contribution in [0.4, 0.5) is 0 Å². The number of β-amino-alcohol motifs (C(OH)–C–C–N with tert-alkyl or cyclic N) is 1. The maximum Gasteiger partial charge on any atom is 0.0959 e. The number of nitrogens with zero attached hydrogens (tertiary/aromatic N) is 4. The van der Waals surface area contributed by atoms with Gasteiger partial charge in [0.25, 0.3) is 0 Å². The number of aliphatic hydroxyl groups excluding tert-OH is 1. The van der Waals surface area contributed by atoms with Crippen LogP contribution in [0.2, 0.25) is 0 Å². The number of rotatable bonds is 7. The zero-order valence-corrected chi connectivity index (χ0v) is 15.6. The molecule has 6 nitrogen and oxygen atoms in total. The van der Waals surface area contributed by atoms with Crippen molar-refractivity contribution in [3.63, 3.8) is 0 Å². The number of ether oxygens (including phenoxy) is 1. The Kier molecular flexibility index (Phi) is 6.06. The lowest BCUT2D eigenvalue weighted by Gasteiger charge is -2.35. The average Bonchev–Trinajstić information content (AvgIpc) is 2.96. The number of hydrogen-bond acceptors (Lipinski definition) is 5. The normalized spacial score (nSPS) is 18.1. The third-order valence-electron chi connectivity index (χ3n) is 5.19. The topological polar surface area (TPSA) is 53.8 Å². The van der Waals surface area contributed by atoms with Crippen molar-refractivity contribution < 1.29 is 9.84 Å². The zero-order valence-electron chi connectivity index (χ0n) is 15.6. The number of aryl methyl sites for hydroxylation is 2. The summed E-state index contributed by atoms with van der Waals surface area (Å²) in [5.74, 6) is 0. The van der Waals surface area contributed by atoms with E-state index in [0.29, 0.717) is 13.1 Å². The summed E-state index contributed by atoms with van der Waals surface area (Å²) < 4.78 is 7.21. The van der Waals surface area contributed by atoms with Crippen LogP contribution in [0.3, 0.4) is 0 Å². The number of hydrogen-bond donors (Lipinski definition) is 1. The molecule has 2 heterocycles. The number of aliphatic hydroxyl groups is 1. The Balaban J connectivity index is 1.53.